The van der Waals surface area contributed by atoms with Crippen molar-refractivity contribution >= 4 is 17.6 Å². The van der Waals surface area contributed by atoms with E-state index in [0.29, 0.717) is 21.4 Å². The van der Waals surface area contributed by atoms with Crippen LogP contribution in [0.5, 0.6) is 0 Å². The molecule has 5 aliphatic rings. The van der Waals surface area contributed by atoms with Crippen LogP contribution in [0.15, 0.2) is 47.6 Å². The molecule has 3 unspecified atom stereocenters. The standard InChI is InChI=1S/C26H29ClO2/c1-25-12-10-20(29-24(28)16-2-6-19(27)7-3-16)14-17(25)4-8-21-22(25)11-13-26-15-18(26)5-9-23(21)26/h2-4,6-7,15,20-23H,5,8-14H2,1H3/t20-,21?,22?,23?,25-,26-/m0/s1. The second-order valence-electron chi connectivity index (χ2n) is 10.3. The van der Waals surface area contributed by atoms with Crippen LogP contribution in [0.25, 0.3) is 0 Å². The van der Waals surface area contributed by atoms with E-state index in [4.69, 9.17) is 16.3 Å². The molecule has 1 aromatic carbocycles. The largest absolute Gasteiger partial charge is 0.458 e. The average molecular weight is 409 g/mol. The topological polar surface area (TPSA) is 26.3 Å². The quantitative estimate of drug-likeness (QED) is 0.399. The van der Waals surface area contributed by atoms with E-state index in [9.17, 15) is 4.79 Å². The lowest BCUT2D eigenvalue weighted by atomic mass is 9.49. The van der Waals surface area contributed by atoms with E-state index in [1.165, 1.54) is 32.1 Å². The molecule has 6 rings (SSSR count). The first-order valence-electron chi connectivity index (χ1n) is 11.4. The molecule has 3 saturated carbocycles. The van der Waals surface area contributed by atoms with E-state index in [1.807, 2.05) is 0 Å². The lowest BCUT2D eigenvalue weighted by Gasteiger charge is -2.56. The molecule has 0 heterocycles. The first kappa shape index (κ1) is 18.2. The number of carbonyl (C=O) groups excluding carboxylic acids is 1. The van der Waals surface area contributed by atoms with E-state index < -0.39 is 0 Å². The number of fused-ring (bicyclic) bond motifs is 4. The zero-order valence-corrected chi connectivity index (χ0v) is 17.9. The number of esters is 1. The second-order valence-corrected chi connectivity index (χ2v) is 10.8. The van der Waals surface area contributed by atoms with Gasteiger partial charge in [0.25, 0.3) is 0 Å². The van der Waals surface area contributed by atoms with Crippen molar-refractivity contribution in [3.63, 3.8) is 0 Å². The third kappa shape index (κ3) is 2.64. The summed E-state index contributed by atoms with van der Waals surface area (Å²) in [6.07, 6.45) is 15.0. The molecule has 3 fully saturated rings. The maximum atomic E-state index is 12.6. The van der Waals surface area contributed by atoms with Gasteiger partial charge in [-0.2, -0.15) is 0 Å². The molecule has 0 bridgehead atoms. The summed E-state index contributed by atoms with van der Waals surface area (Å²) in [5.41, 5.74) is 4.82. The molecule has 1 aromatic rings. The number of halogens is 1. The summed E-state index contributed by atoms with van der Waals surface area (Å²) in [5.74, 6) is 2.37. The molecule has 0 radical (unpaired) electrons. The molecule has 1 spiro atoms. The lowest BCUT2D eigenvalue weighted by Crippen LogP contribution is -2.48. The lowest BCUT2D eigenvalue weighted by molar-refractivity contribution is -0.0215. The summed E-state index contributed by atoms with van der Waals surface area (Å²) in [4.78, 5) is 12.6. The monoisotopic (exact) mass is 408 g/mol. The van der Waals surface area contributed by atoms with E-state index in [-0.39, 0.29) is 12.1 Å². The Morgan fingerprint density at radius 1 is 1.07 bits per heavy atom. The van der Waals surface area contributed by atoms with Gasteiger partial charge in [0.2, 0.25) is 0 Å². The highest BCUT2D eigenvalue weighted by molar-refractivity contribution is 6.30. The van der Waals surface area contributed by atoms with Crippen LogP contribution in [0.2, 0.25) is 5.02 Å². The molecule has 0 N–H and O–H groups in total. The van der Waals surface area contributed by atoms with E-state index in [0.717, 1.165) is 37.0 Å². The van der Waals surface area contributed by atoms with Gasteiger partial charge in [0, 0.05) is 16.9 Å². The molecule has 0 aromatic heterocycles. The summed E-state index contributed by atoms with van der Waals surface area (Å²) in [6, 6.07) is 7.00. The van der Waals surface area contributed by atoms with Crippen molar-refractivity contribution in [2.45, 2.75) is 64.4 Å². The van der Waals surface area contributed by atoms with Crippen molar-refractivity contribution < 1.29 is 9.53 Å². The van der Waals surface area contributed by atoms with Crippen molar-refractivity contribution in [3.8, 4) is 0 Å². The highest BCUT2D eigenvalue weighted by Gasteiger charge is 2.62. The van der Waals surface area contributed by atoms with Crippen LogP contribution in [0.1, 0.15) is 68.6 Å². The van der Waals surface area contributed by atoms with Crippen LogP contribution in [-0.4, -0.2) is 12.1 Å². The normalized spacial score (nSPS) is 41.9. The predicted octanol–water partition coefficient (Wildman–Crippen LogP) is 6.75. The summed E-state index contributed by atoms with van der Waals surface area (Å²) in [7, 11) is 0. The van der Waals surface area contributed by atoms with Gasteiger partial charge in [0.1, 0.15) is 6.10 Å². The minimum absolute atomic E-state index is 0.00664. The van der Waals surface area contributed by atoms with Gasteiger partial charge in [-0.3, -0.25) is 0 Å². The Bertz CT molecular complexity index is 929. The summed E-state index contributed by atoms with van der Waals surface area (Å²) in [5, 5.41) is 0.641. The van der Waals surface area contributed by atoms with Gasteiger partial charge in [-0.1, -0.05) is 41.8 Å². The molecule has 2 nitrogen and oxygen atoms in total. The summed E-state index contributed by atoms with van der Waals surface area (Å²) >= 11 is 5.94. The van der Waals surface area contributed by atoms with Gasteiger partial charge in [0.05, 0.1) is 5.56 Å². The predicted molar refractivity (Wildman–Crippen MR) is 115 cm³/mol. The minimum atomic E-state index is -0.220. The number of hydrogen-bond acceptors (Lipinski definition) is 2. The number of rotatable bonds is 2. The van der Waals surface area contributed by atoms with Crippen molar-refractivity contribution in [1.82, 2.24) is 0 Å². The van der Waals surface area contributed by atoms with Crippen molar-refractivity contribution in [2.24, 2.45) is 28.6 Å². The Labute approximate surface area is 178 Å². The van der Waals surface area contributed by atoms with Crippen LogP contribution in [0, 0.1) is 28.6 Å². The fraction of sp³-hybridized carbons (Fsp3) is 0.577. The van der Waals surface area contributed by atoms with Gasteiger partial charge in [-0.15, -0.1) is 0 Å². The van der Waals surface area contributed by atoms with Crippen LogP contribution in [-0.2, 0) is 4.74 Å². The van der Waals surface area contributed by atoms with Gasteiger partial charge < -0.3 is 4.74 Å². The number of ether oxygens (including phenoxy) is 1. The molecule has 0 amide bonds. The number of benzene rings is 1. The Hall–Kier alpha value is -1.54. The first-order valence-corrected chi connectivity index (χ1v) is 11.8. The molecule has 0 saturated heterocycles. The smallest absolute Gasteiger partial charge is 0.338 e. The van der Waals surface area contributed by atoms with Crippen LogP contribution in [0.4, 0.5) is 0 Å². The molecule has 3 heteroatoms. The van der Waals surface area contributed by atoms with E-state index >= 15 is 0 Å². The van der Waals surface area contributed by atoms with Gasteiger partial charge in [-0.25, -0.2) is 4.79 Å². The second kappa shape index (κ2) is 6.23. The zero-order valence-electron chi connectivity index (χ0n) is 17.1. The minimum Gasteiger partial charge on any atom is -0.458 e. The van der Waals surface area contributed by atoms with Crippen molar-refractivity contribution in [3.05, 3.63) is 58.1 Å². The average Bonchev–Trinajstić information content (AvgIpc) is 3.29. The summed E-state index contributed by atoms with van der Waals surface area (Å²) < 4.78 is 5.91. The van der Waals surface area contributed by atoms with Gasteiger partial charge in [-0.05, 0) is 92.4 Å². The molecule has 0 aliphatic heterocycles. The van der Waals surface area contributed by atoms with Crippen molar-refractivity contribution in [1.29, 1.82) is 0 Å². The van der Waals surface area contributed by atoms with Crippen molar-refractivity contribution in [2.75, 3.05) is 0 Å². The third-order valence-corrected chi connectivity index (χ3v) is 9.46. The van der Waals surface area contributed by atoms with Crippen LogP contribution >= 0.6 is 11.6 Å². The molecular weight excluding hydrogens is 380 g/mol. The fourth-order valence-electron chi connectivity index (χ4n) is 7.64. The van der Waals surface area contributed by atoms with Crippen LogP contribution in [0.3, 0.4) is 0 Å². The number of allylic oxidation sites excluding steroid dienone is 3. The Kier molecular flexibility index (Phi) is 3.92. The fourth-order valence-corrected chi connectivity index (χ4v) is 7.77. The Morgan fingerprint density at radius 3 is 2.69 bits per heavy atom. The molecule has 152 valence electrons. The van der Waals surface area contributed by atoms with Crippen LogP contribution < -0.4 is 0 Å². The molecule has 5 aliphatic carbocycles. The zero-order chi connectivity index (χ0) is 19.8. The number of carbonyl (C=O) groups is 1. The van der Waals surface area contributed by atoms with Gasteiger partial charge >= 0.3 is 5.97 Å². The highest BCUT2D eigenvalue weighted by atomic mass is 35.5. The molecular formula is C26H29ClO2. The molecule has 6 atom stereocenters. The van der Waals surface area contributed by atoms with E-state index in [1.54, 1.807) is 35.4 Å². The SMILES string of the molecule is C[C@]12CC[C@H](OC(=O)c3ccc(Cl)cc3)CC1=CCC1C2CC[C@]23C=C2CCC13. The summed E-state index contributed by atoms with van der Waals surface area (Å²) in [6.45, 7) is 2.51. The maximum Gasteiger partial charge on any atom is 0.338 e. The molecule has 29 heavy (non-hydrogen) atoms. The van der Waals surface area contributed by atoms with E-state index in [2.05, 4.69) is 19.1 Å². The highest BCUT2D eigenvalue weighted by Crippen LogP contribution is 2.72. The Balaban J connectivity index is 1.18. The Morgan fingerprint density at radius 2 is 1.90 bits per heavy atom. The third-order valence-electron chi connectivity index (χ3n) is 9.21. The first-order chi connectivity index (χ1) is 14.0. The number of hydrogen-bond donors (Lipinski definition) is 0. The maximum absolute atomic E-state index is 12.6. The van der Waals surface area contributed by atoms with Gasteiger partial charge in [0.15, 0.2) is 0 Å².